The fourth-order valence-electron chi connectivity index (χ4n) is 1.46. The van der Waals surface area contributed by atoms with Gasteiger partial charge in [0, 0.05) is 10.6 Å². The SMILES string of the molecule is N#Cc1c(-c2ccccc2Cl)[nH]c(=O)[nH]c1=S. The Morgan fingerprint density at radius 3 is 2.65 bits per heavy atom. The summed E-state index contributed by atoms with van der Waals surface area (Å²) in [6, 6.07) is 8.87. The van der Waals surface area contributed by atoms with Gasteiger partial charge in [-0.05, 0) is 6.07 Å². The van der Waals surface area contributed by atoms with Crippen molar-refractivity contribution in [3.05, 3.63) is 50.0 Å². The number of nitrogens with zero attached hydrogens (tertiary/aromatic N) is 1. The van der Waals surface area contributed by atoms with Crippen molar-refractivity contribution < 1.29 is 0 Å². The molecular weight excluding hydrogens is 258 g/mol. The van der Waals surface area contributed by atoms with Crippen molar-refractivity contribution in [2.24, 2.45) is 0 Å². The van der Waals surface area contributed by atoms with Gasteiger partial charge in [0.25, 0.3) is 0 Å². The van der Waals surface area contributed by atoms with E-state index in [4.69, 9.17) is 29.1 Å². The Hall–Kier alpha value is -1.90. The fourth-order valence-corrected chi connectivity index (χ4v) is 1.93. The Balaban J connectivity index is 2.86. The molecule has 2 N–H and O–H groups in total. The molecule has 0 radical (unpaired) electrons. The van der Waals surface area contributed by atoms with Crippen LogP contribution in [0.3, 0.4) is 0 Å². The first-order valence-electron chi connectivity index (χ1n) is 4.65. The van der Waals surface area contributed by atoms with Gasteiger partial charge in [-0.25, -0.2) is 4.79 Å². The van der Waals surface area contributed by atoms with E-state index in [1.54, 1.807) is 24.3 Å². The van der Waals surface area contributed by atoms with E-state index in [1.807, 2.05) is 6.07 Å². The van der Waals surface area contributed by atoms with Crippen LogP contribution in [0.1, 0.15) is 5.56 Å². The minimum absolute atomic E-state index is 0.103. The summed E-state index contributed by atoms with van der Waals surface area (Å²) in [5, 5.41) is 9.49. The van der Waals surface area contributed by atoms with E-state index in [2.05, 4.69) is 9.97 Å². The van der Waals surface area contributed by atoms with Crippen molar-refractivity contribution in [1.29, 1.82) is 5.26 Å². The van der Waals surface area contributed by atoms with Crippen molar-refractivity contribution in [2.75, 3.05) is 0 Å². The number of benzene rings is 1. The van der Waals surface area contributed by atoms with Gasteiger partial charge in [-0.3, -0.25) is 4.98 Å². The second kappa shape index (κ2) is 4.53. The average Bonchev–Trinajstić information content (AvgIpc) is 2.28. The summed E-state index contributed by atoms with van der Waals surface area (Å²) in [7, 11) is 0. The number of H-pyrrole nitrogens is 2. The summed E-state index contributed by atoms with van der Waals surface area (Å²) in [5.41, 5.74) is 0.645. The minimum Gasteiger partial charge on any atom is -0.306 e. The molecule has 1 aromatic heterocycles. The van der Waals surface area contributed by atoms with E-state index in [0.717, 1.165) is 0 Å². The summed E-state index contributed by atoms with van der Waals surface area (Å²) in [6.07, 6.45) is 0. The number of nitrogens with one attached hydrogen (secondary N) is 2. The number of hydrogen-bond acceptors (Lipinski definition) is 3. The monoisotopic (exact) mass is 263 g/mol. The first-order valence-corrected chi connectivity index (χ1v) is 5.43. The zero-order valence-corrected chi connectivity index (χ0v) is 10.0. The van der Waals surface area contributed by atoms with Crippen LogP contribution >= 0.6 is 23.8 Å². The van der Waals surface area contributed by atoms with E-state index >= 15 is 0 Å². The van der Waals surface area contributed by atoms with Crippen LogP contribution in [-0.4, -0.2) is 9.97 Å². The summed E-state index contributed by atoms with van der Waals surface area (Å²) < 4.78 is 0.103. The molecular formula is C11H6ClN3OS. The molecule has 4 nitrogen and oxygen atoms in total. The molecule has 84 valence electrons. The molecule has 0 saturated heterocycles. The molecule has 0 aliphatic carbocycles. The minimum atomic E-state index is -0.469. The molecule has 1 aromatic carbocycles. The first kappa shape index (κ1) is 11.6. The molecule has 1 heterocycles. The van der Waals surface area contributed by atoms with Gasteiger partial charge in [-0.2, -0.15) is 5.26 Å². The molecule has 0 bridgehead atoms. The quantitative estimate of drug-likeness (QED) is 0.777. The number of aromatic amines is 2. The van der Waals surface area contributed by atoms with Crippen LogP contribution in [0.2, 0.25) is 5.02 Å². The summed E-state index contributed by atoms with van der Waals surface area (Å²) in [6.45, 7) is 0. The van der Waals surface area contributed by atoms with Gasteiger partial charge >= 0.3 is 5.69 Å². The lowest BCUT2D eigenvalue weighted by atomic mass is 10.1. The third kappa shape index (κ3) is 2.13. The van der Waals surface area contributed by atoms with E-state index in [0.29, 0.717) is 16.3 Å². The topological polar surface area (TPSA) is 72.4 Å². The van der Waals surface area contributed by atoms with Gasteiger partial charge in [0.2, 0.25) is 0 Å². The van der Waals surface area contributed by atoms with Crippen molar-refractivity contribution in [3.8, 4) is 17.3 Å². The van der Waals surface area contributed by atoms with Gasteiger partial charge in [0.15, 0.2) is 0 Å². The largest absolute Gasteiger partial charge is 0.324 e. The molecule has 0 saturated carbocycles. The lowest BCUT2D eigenvalue weighted by molar-refractivity contribution is 1.06. The molecule has 0 aliphatic rings. The van der Waals surface area contributed by atoms with Crippen LogP contribution in [0.5, 0.6) is 0 Å². The number of hydrogen-bond donors (Lipinski definition) is 2. The van der Waals surface area contributed by atoms with Gasteiger partial charge in [0.05, 0.1) is 5.69 Å². The van der Waals surface area contributed by atoms with Crippen LogP contribution in [-0.2, 0) is 0 Å². The summed E-state index contributed by atoms with van der Waals surface area (Å²) in [5.74, 6) is 0. The lowest BCUT2D eigenvalue weighted by Gasteiger charge is -2.05. The number of nitriles is 1. The second-order valence-corrected chi connectivity index (χ2v) is 4.07. The Kier molecular flexibility index (Phi) is 3.09. The van der Waals surface area contributed by atoms with Crippen molar-refractivity contribution in [2.45, 2.75) is 0 Å². The maximum atomic E-state index is 11.3. The third-order valence-electron chi connectivity index (χ3n) is 2.20. The highest BCUT2D eigenvalue weighted by atomic mass is 35.5. The third-order valence-corrected chi connectivity index (χ3v) is 2.83. The molecule has 2 rings (SSSR count). The van der Waals surface area contributed by atoms with E-state index < -0.39 is 5.69 Å². The maximum absolute atomic E-state index is 11.3. The Bertz CT molecular complexity index is 726. The van der Waals surface area contributed by atoms with Gasteiger partial charge in [-0.15, -0.1) is 0 Å². The van der Waals surface area contributed by atoms with Crippen LogP contribution in [0.15, 0.2) is 29.1 Å². The van der Waals surface area contributed by atoms with Gasteiger partial charge in [-0.1, -0.05) is 42.0 Å². The molecule has 0 amide bonds. The normalized spacial score (nSPS) is 9.88. The average molecular weight is 264 g/mol. The van der Waals surface area contributed by atoms with Crippen LogP contribution in [0.25, 0.3) is 11.3 Å². The van der Waals surface area contributed by atoms with Crippen molar-refractivity contribution in [1.82, 2.24) is 9.97 Å². The molecule has 0 atom stereocenters. The predicted molar refractivity (Wildman–Crippen MR) is 67.4 cm³/mol. The van der Waals surface area contributed by atoms with Gasteiger partial charge in [0.1, 0.15) is 16.3 Å². The van der Waals surface area contributed by atoms with Crippen LogP contribution < -0.4 is 5.69 Å². The number of aromatic nitrogens is 2. The fraction of sp³-hybridized carbons (Fsp3) is 0. The smallest absolute Gasteiger partial charge is 0.306 e. The summed E-state index contributed by atoms with van der Waals surface area (Å²) in [4.78, 5) is 16.2. The zero-order valence-electron chi connectivity index (χ0n) is 8.45. The number of halogens is 1. The molecule has 0 unspecified atom stereocenters. The second-order valence-electron chi connectivity index (χ2n) is 3.25. The predicted octanol–water partition coefficient (Wildman–Crippen LogP) is 2.62. The lowest BCUT2D eigenvalue weighted by Crippen LogP contribution is -2.13. The van der Waals surface area contributed by atoms with E-state index in [9.17, 15) is 4.79 Å². The summed E-state index contributed by atoms with van der Waals surface area (Å²) >= 11 is 10.9. The van der Waals surface area contributed by atoms with Crippen LogP contribution in [0.4, 0.5) is 0 Å². The van der Waals surface area contributed by atoms with E-state index in [1.165, 1.54) is 0 Å². The Morgan fingerprint density at radius 1 is 1.29 bits per heavy atom. The highest BCUT2D eigenvalue weighted by Crippen LogP contribution is 2.27. The van der Waals surface area contributed by atoms with Crippen LogP contribution in [0, 0.1) is 16.0 Å². The highest BCUT2D eigenvalue weighted by molar-refractivity contribution is 7.71. The molecule has 2 aromatic rings. The Morgan fingerprint density at radius 2 is 2.00 bits per heavy atom. The first-order chi connectivity index (χ1) is 8.13. The van der Waals surface area contributed by atoms with E-state index in [-0.39, 0.29) is 10.2 Å². The molecule has 0 fully saturated rings. The molecule has 17 heavy (non-hydrogen) atoms. The maximum Gasteiger partial charge on any atom is 0.324 e. The molecule has 0 aliphatic heterocycles. The molecule has 6 heteroatoms. The zero-order chi connectivity index (χ0) is 12.4. The highest BCUT2D eigenvalue weighted by Gasteiger charge is 2.11. The van der Waals surface area contributed by atoms with Crippen molar-refractivity contribution >= 4 is 23.8 Å². The molecule has 0 spiro atoms. The van der Waals surface area contributed by atoms with Crippen molar-refractivity contribution in [3.63, 3.8) is 0 Å². The van der Waals surface area contributed by atoms with Gasteiger partial charge < -0.3 is 4.98 Å². The number of rotatable bonds is 1. The Labute approximate surface area is 107 Å². The standard InChI is InChI=1S/C11H6ClN3OS/c12-8-4-2-1-3-6(8)9-7(5-13)10(17)15-11(16)14-9/h1-4H,(H2,14,15,16,17).